The number of carbonyl (C=O) groups is 1. The van der Waals surface area contributed by atoms with Crippen molar-refractivity contribution in [1.82, 2.24) is 25.5 Å². The van der Waals surface area contributed by atoms with Crippen molar-refractivity contribution < 1.29 is 18.0 Å². The summed E-state index contributed by atoms with van der Waals surface area (Å²) in [6.07, 6.45) is 1.51. The lowest BCUT2D eigenvalue weighted by molar-refractivity contribution is -0.138. The third kappa shape index (κ3) is 5.12. The Kier molecular flexibility index (Phi) is 6.50. The number of fused-ring (bicyclic) bond motifs is 1. The number of aromatic nitrogens is 4. The summed E-state index contributed by atoms with van der Waals surface area (Å²) in [5.74, 6) is -0.531. The standard InChI is InChI=1S/C24H16ClF3N6OS/c25-17-3-1-15(19(7-17)24(26,27)28)6-18(14-2-4-20-16(5-14)11-32-34-20)21-22(35)33-23(36-21)31-10-13-8-29-12-30-9-13/h1-5,7-9,11-12H,6,10H2,(H,32,34)(H,31,33,35). The van der Waals surface area contributed by atoms with Crippen molar-refractivity contribution in [2.75, 3.05) is 0 Å². The Hall–Kier alpha value is -3.70. The largest absolute Gasteiger partial charge is 0.416 e. The van der Waals surface area contributed by atoms with Crippen molar-refractivity contribution in [3.63, 3.8) is 0 Å². The van der Waals surface area contributed by atoms with Crippen LogP contribution in [0.25, 0.3) is 16.5 Å². The Bertz CT molecular complexity index is 1520. The van der Waals surface area contributed by atoms with E-state index >= 15 is 0 Å². The molecule has 2 aromatic carbocycles. The van der Waals surface area contributed by atoms with E-state index in [-0.39, 0.29) is 21.9 Å². The lowest BCUT2D eigenvalue weighted by Gasteiger charge is -2.16. The van der Waals surface area contributed by atoms with Crippen LogP contribution in [0.5, 0.6) is 0 Å². The number of H-pyrrole nitrogens is 1. The molecule has 182 valence electrons. The number of carbonyl (C=O) groups excluding carboxylic acids is 1. The second kappa shape index (κ2) is 9.75. The maximum absolute atomic E-state index is 13.8. The molecule has 0 radical (unpaired) electrons. The topological polar surface area (TPSA) is 95.9 Å². The molecule has 1 amide bonds. The summed E-state index contributed by atoms with van der Waals surface area (Å²) < 4.78 is 41.5. The molecule has 0 fully saturated rings. The van der Waals surface area contributed by atoms with E-state index in [0.29, 0.717) is 22.8 Å². The molecule has 1 aliphatic rings. The van der Waals surface area contributed by atoms with E-state index in [4.69, 9.17) is 11.6 Å². The number of rotatable bonds is 5. The first kappa shape index (κ1) is 24.0. The molecule has 4 aromatic rings. The highest BCUT2D eigenvalue weighted by atomic mass is 35.5. The number of amidine groups is 1. The van der Waals surface area contributed by atoms with Crippen LogP contribution in [-0.4, -0.2) is 31.2 Å². The van der Waals surface area contributed by atoms with Gasteiger partial charge in [-0.05, 0) is 59.1 Å². The smallest absolute Gasteiger partial charge is 0.360 e. The minimum absolute atomic E-state index is 0.00191. The van der Waals surface area contributed by atoms with Gasteiger partial charge in [-0.1, -0.05) is 23.7 Å². The van der Waals surface area contributed by atoms with E-state index in [1.165, 1.54) is 18.5 Å². The van der Waals surface area contributed by atoms with Gasteiger partial charge in [0.1, 0.15) is 6.33 Å². The molecule has 0 aliphatic carbocycles. The van der Waals surface area contributed by atoms with Crippen LogP contribution in [0.1, 0.15) is 22.3 Å². The number of alkyl halides is 3. The summed E-state index contributed by atoms with van der Waals surface area (Å²) in [6, 6.07) is 8.93. The minimum Gasteiger partial charge on any atom is -0.360 e. The summed E-state index contributed by atoms with van der Waals surface area (Å²) in [5, 5.41) is 11.0. The van der Waals surface area contributed by atoms with Crippen LogP contribution in [0.4, 0.5) is 13.2 Å². The van der Waals surface area contributed by atoms with Crippen LogP contribution in [0.15, 0.2) is 71.2 Å². The summed E-state index contributed by atoms with van der Waals surface area (Å²) in [5.41, 5.74) is 1.71. The summed E-state index contributed by atoms with van der Waals surface area (Å²) in [4.78, 5) is 25.2. The van der Waals surface area contributed by atoms with Gasteiger partial charge in [0, 0.05) is 34.9 Å². The van der Waals surface area contributed by atoms with Crippen LogP contribution in [0, 0.1) is 0 Å². The number of hydrogen-bond donors (Lipinski definition) is 2. The van der Waals surface area contributed by atoms with Gasteiger partial charge >= 0.3 is 6.18 Å². The zero-order chi connectivity index (χ0) is 25.3. The van der Waals surface area contributed by atoms with Crippen molar-refractivity contribution >= 4 is 50.9 Å². The van der Waals surface area contributed by atoms with Gasteiger partial charge in [0.15, 0.2) is 5.17 Å². The summed E-state index contributed by atoms with van der Waals surface area (Å²) >= 11 is 6.95. The molecule has 36 heavy (non-hydrogen) atoms. The monoisotopic (exact) mass is 528 g/mol. The van der Waals surface area contributed by atoms with Gasteiger partial charge in [0.25, 0.3) is 5.91 Å². The molecule has 2 N–H and O–H groups in total. The minimum atomic E-state index is -4.61. The van der Waals surface area contributed by atoms with E-state index < -0.39 is 17.6 Å². The van der Waals surface area contributed by atoms with E-state index in [2.05, 4.69) is 30.5 Å². The van der Waals surface area contributed by atoms with Crippen molar-refractivity contribution in [1.29, 1.82) is 0 Å². The number of amides is 1. The van der Waals surface area contributed by atoms with Crippen LogP contribution in [0.3, 0.4) is 0 Å². The first-order valence-electron chi connectivity index (χ1n) is 10.6. The predicted molar refractivity (Wildman–Crippen MR) is 132 cm³/mol. The quantitative estimate of drug-likeness (QED) is 0.337. The number of nitrogens with one attached hydrogen (secondary N) is 2. The van der Waals surface area contributed by atoms with Crippen molar-refractivity contribution in [3.8, 4) is 0 Å². The number of hydrogen-bond acceptors (Lipinski definition) is 6. The highest BCUT2D eigenvalue weighted by molar-refractivity contribution is 8.18. The molecular formula is C24H16ClF3N6OS. The van der Waals surface area contributed by atoms with E-state index in [1.807, 2.05) is 0 Å². The fourth-order valence-electron chi connectivity index (χ4n) is 3.77. The number of benzene rings is 2. The molecule has 5 rings (SSSR count). The van der Waals surface area contributed by atoms with Crippen LogP contribution >= 0.6 is 23.4 Å². The highest BCUT2D eigenvalue weighted by Gasteiger charge is 2.35. The summed E-state index contributed by atoms with van der Waals surface area (Å²) in [7, 11) is 0. The second-order valence-electron chi connectivity index (χ2n) is 7.88. The molecule has 0 saturated heterocycles. The molecule has 0 unspecified atom stereocenters. The molecule has 0 atom stereocenters. The Morgan fingerprint density at radius 1 is 1.08 bits per heavy atom. The molecular weight excluding hydrogens is 513 g/mol. The van der Waals surface area contributed by atoms with Crippen LogP contribution in [-0.2, 0) is 23.9 Å². The van der Waals surface area contributed by atoms with Crippen LogP contribution in [0.2, 0.25) is 5.02 Å². The SMILES string of the molecule is O=C1N=C(NCc2cncnc2)SC1=C(Cc1ccc(Cl)cc1C(F)(F)F)c1ccc2[nH]ncc2c1. The molecule has 3 heterocycles. The van der Waals surface area contributed by atoms with Gasteiger partial charge in [-0.2, -0.15) is 23.3 Å². The first-order chi connectivity index (χ1) is 17.3. The number of nitrogens with zero attached hydrogens (tertiary/aromatic N) is 4. The Morgan fingerprint density at radius 2 is 1.89 bits per heavy atom. The maximum atomic E-state index is 13.8. The van der Waals surface area contributed by atoms with Gasteiger partial charge in [0.2, 0.25) is 0 Å². The lowest BCUT2D eigenvalue weighted by atomic mass is 9.93. The lowest BCUT2D eigenvalue weighted by Crippen LogP contribution is -2.18. The molecule has 12 heteroatoms. The maximum Gasteiger partial charge on any atom is 0.416 e. The zero-order valence-corrected chi connectivity index (χ0v) is 19.9. The first-order valence-corrected chi connectivity index (χ1v) is 11.8. The molecule has 1 aliphatic heterocycles. The number of aliphatic imine (C=N–C) groups is 1. The highest BCUT2D eigenvalue weighted by Crippen LogP contribution is 2.40. The number of thioether (sulfide) groups is 1. The number of aromatic amines is 1. The van der Waals surface area contributed by atoms with Gasteiger partial charge in [-0.3, -0.25) is 9.89 Å². The molecule has 2 aromatic heterocycles. The van der Waals surface area contributed by atoms with Crippen molar-refractivity contribution in [2.45, 2.75) is 19.1 Å². The van der Waals surface area contributed by atoms with E-state index in [9.17, 15) is 18.0 Å². The van der Waals surface area contributed by atoms with E-state index in [1.54, 1.807) is 36.8 Å². The third-order valence-electron chi connectivity index (χ3n) is 5.46. The molecule has 0 saturated carbocycles. The molecule has 0 spiro atoms. The van der Waals surface area contributed by atoms with Crippen LogP contribution < -0.4 is 5.32 Å². The Labute approximate surface area is 211 Å². The molecule has 7 nitrogen and oxygen atoms in total. The van der Waals surface area contributed by atoms with Gasteiger partial charge < -0.3 is 5.32 Å². The van der Waals surface area contributed by atoms with Crippen molar-refractivity contribution in [2.24, 2.45) is 4.99 Å². The summed E-state index contributed by atoms with van der Waals surface area (Å²) in [6.45, 7) is 0.332. The van der Waals surface area contributed by atoms with Crippen molar-refractivity contribution in [3.05, 3.63) is 93.5 Å². The number of halogens is 4. The number of allylic oxidation sites excluding steroid dienone is 1. The average molecular weight is 529 g/mol. The predicted octanol–water partition coefficient (Wildman–Crippen LogP) is 5.40. The van der Waals surface area contributed by atoms with E-state index in [0.717, 1.165) is 34.3 Å². The Balaban J connectivity index is 1.53. The normalized spacial score (nSPS) is 15.3. The fraction of sp³-hybridized carbons (Fsp3) is 0.125. The zero-order valence-electron chi connectivity index (χ0n) is 18.3. The fourth-order valence-corrected chi connectivity index (χ4v) is 4.86. The van der Waals surface area contributed by atoms with Gasteiger partial charge in [-0.25, -0.2) is 9.97 Å². The van der Waals surface area contributed by atoms with Gasteiger partial charge in [-0.15, -0.1) is 0 Å². The third-order valence-corrected chi connectivity index (χ3v) is 6.75. The second-order valence-corrected chi connectivity index (χ2v) is 9.32. The average Bonchev–Trinajstić information content (AvgIpc) is 3.47. The Morgan fingerprint density at radius 3 is 2.67 bits per heavy atom. The van der Waals surface area contributed by atoms with Gasteiger partial charge in [0.05, 0.1) is 22.2 Å². The molecule has 0 bridgehead atoms.